The molecule has 0 aromatic rings. The van der Waals surface area contributed by atoms with Gasteiger partial charge in [-0.1, -0.05) is 0 Å². The van der Waals surface area contributed by atoms with Crippen LogP contribution in [0.2, 0.25) is 0 Å². The third-order valence-corrected chi connectivity index (χ3v) is 1.98. The molecule has 1 aliphatic rings. The Morgan fingerprint density at radius 1 is 1.64 bits per heavy atom. The van der Waals surface area contributed by atoms with Crippen molar-refractivity contribution in [3.63, 3.8) is 0 Å². The zero-order chi connectivity index (χ0) is 8.27. The largest absolute Gasteiger partial charge is 0.377 e. The first kappa shape index (κ1) is 8.51. The number of hydrogen-bond donors (Lipinski definition) is 0. The van der Waals surface area contributed by atoms with Gasteiger partial charge in [0.2, 0.25) is 0 Å². The Bertz CT molecular complexity index is 162. The number of ether oxygens (including phenoxy) is 1. The van der Waals surface area contributed by atoms with Crippen LogP contribution >= 0.6 is 0 Å². The van der Waals surface area contributed by atoms with Gasteiger partial charge >= 0.3 is 0 Å². The molecule has 3 nitrogen and oxygen atoms in total. The van der Waals surface area contributed by atoms with Gasteiger partial charge in [-0.05, 0) is 13.8 Å². The number of morpholine rings is 1. The molecular weight excluding hydrogens is 140 g/mol. The lowest BCUT2D eigenvalue weighted by Gasteiger charge is -2.34. The lowest BCUT2D eigenvalue weighted by atomic mass is 10.2. The maximum atomic E-state index is 8.74. The molecule has 1 unspecified atom stereocenters. The summed E-state index contributed by atoms with van der Waals surface area (Å²) in [7, 11) is 0. The summed E-state index contributed by atoms with van der Waals surface area (Å²) in [6, 6.07) is 2.65. The Morgan fingerprint density at radius 2 is 2.36 bits per heavy atom. The Labute approximate surface area is 67.6 Å². The van der Waals surface area contributed by atoms with Crippen molar-refractivity contribution in [2.75, 3.05) is 19.8 Å². The Morgan fingerprint density at radius 3 is 2.82 bits per heavy atom. The van der Waals surface area contributed by atoms with E-state index < -0.39 is 0 Å². The van der Waals surface area contributed by atoms with Crippen LogP contribution in [0.15, 0.2) is 0 Å². The van der Waals surface area contributed by atoms with E-state index >= 15 is 0 Å². The highest BCUT2D eigenvalue weighted by molar-refractivity contribution is 4.94. The topological polar surface area (TPSA) is 36.3 Å². The zero-order valence-electron chi connectivity index (χ0n) is 7.08. The van der Waals surface area contributed by atoms with Crippen molar-refractivity contribution in [2.45, 2.75) is 25.9 Å². The molecule has 0 radical (unpaired) electrons. The minimum Gasteiger partial charge on any atom is -0.377 e. The zero-order valence-corrected chi connectivity index (χ0v) is 7.08. The van der Waals surface area contributed by atoms with E-state index in [9.17, 15) is 0 Å². The van der Waals surface area contributed by atoms with E-state index in [1.165, 1.54) is 0 Å². The van der Waals surface area contributed by atoms with Crippen LogP contribution in [0.1, 0.15) is 13.8 Å². The van der Waals surface area contributed by atoms with Crippen molar-refractivity contribution in [3.8, 4) is 6.07 Å². The highest BCUT2D eigenvalue weighted by Crippen LogP contribution is 2.09. The fourth-order valence-electron chi connectivity index (χ4n) is 1.35. The van der Waals surface area contributed by atoms with E-state index in [0.717, 1.165) is 13.2 Å². The minimum atomic E-state index is -0.0382. The second-order valence-corrected chi connectivity index (χ2v) is 3.05. The molecule has 1 fully saturated rings. The van der Waals surface area contributed by atoms with Gasteiger partial charge in [-0.3, -0.25) is 4.90 Å². The van der Waals surface area contributed by atoms with E-state index in [1.807, 2.05) is 0 Å². The third-order valence-electron chi connectivity index (χ3n) is 1.98. The van der Waals surface area contributed by atoms with Crippen LogP contribution in [0.5, 0.6) is 0 Å². The quantitative estimate of drug-likeness (QED) is 0.555. The van der Waals surface area contributed by atoms with Crippen LogP contribution in [-0.4, -0.2) is 36.7 Å². The maximum Gasteiger partial charge on any atom is 0.122 e. The molecule has 0 aromatic heterocycles. The van der Waals surface area contributed by atoms with E-state index in [2.05, 4.69) is 24.8 Å². The van der Waals surface area contributed by atoms with Crippen LogP contribution in [-0.2, 0) is 4.74 Å². The maximum absolute atomic E-state index is 8.74. The van der Waals surface area contributed by atoms with Crippen LogP contribution in [0.3, 0.4) is 0 Å². The van der Waals surface area contributed by atoms with E-state index in [1.54, 1.807) is 0 Å². The molecule has 1 aliphatic heterocycles. The van der Waals surface area contributed by atoms with Gasteiger partial charge in [0.25, 0.3) is 0 Å². The lowest BCUT2D eigenvalue weighted by molar-refractivity contribution is -0.00169. The summed E-state index contributed by atoms with van der Waals surface area (Å²) in [5, 5.41) is 8.74. The Hall–Kier alpha value is -0.590. The second-order valence-electron chi connectivity index (χ2n) is 3.05. The highest BCUT2D eigenvalue weighted by Gasteiger charge is 2.24. The van der Waals surface area contributed by atoms with Gasteiger partial charge in [-0.25, -0.2) is 0 Å². The molecule has 0 spiro atoms. The number of hydrogen-bond acceptors (Lipinski definition) is 3. The molecule has 11 heavy (non-hydrogen) atoms. The van der Waals surface area contributed by atoms with Gasteiger partial charge in [0, 0.05) is 12.6 Å². The molecule has 0 saturated carbocycles. The molecule has 1 saturated heterocycles. The Kier molecular flexibility index (Phi) is 2.86. The summed E-state index contributed by atoms with van der Waals surface area (Å²) in [5.41, 5.74) is 0. The predicted molar refractivity (Wildman–Crippen MR) is 42.1 cm³/mol. The molecule has 0 aliphatic carbocycles. The van der Waals surface area contributed by atoms with Gasteiger partial charge in [-0.2, -0.15) is 5.26 Å². The predicted octanol–water partition coefficient (Wildman–Crippen LogP) is 0.619. The summed E-state index contributed by atoms with van der Waals surface area (Å²) in [4.78, 5) is 2.17. The number of nitrogens with zero attached hydrogens (tertiary/aromatic N) is 2. The van der Waals surface area contributed by atoms with Crippen molar-refractivity contribution in [3.05, 3.63) is 0 Å². The SMILES string of the molecule is CC(C)N1CCOCC1C#N. The monoisotopic (exact) mass is 154 g/mol. The van der Waals surface area contributed by atoms with Gasteiger partial charge in [0.15, 0.2) is 0 Å². The standard InChI is InChI=1S/C8H14N2O/c1-7(2)10-3-4-11-6-8(10)5-9/h7-8H,3-4,6H2,1-2H3. The summed E-state index contributed by atoms with van der Waals surface area (Å²) >= 11 is 0. The fourth-order valence-corrected chi connectivity index (χ4v) is 1.35. The van der Waals surface area contributed by atoms with Crippen LogP contribution in [0.25, 0.3) is 0 Å². The molecule has 0 bridgehead atoms. The minimum absolute atomic E-state index is 0.0382. The molecule has 1 heterocycles. The highest BCUT2D eigenvalue weighted by atomic mass is 16.5. The van der Waals surface area contributed by atoms with E-state index in [0.29, 0.717) is 12.6 Å². The van der Waals surface area contributed by atoms with Crippen molar-refractivity contribution >= 4 is 0 Å². The average molecular weight is 154 g/mol. The molecule has 1 atom stereocenters. The summed E-state index contributed by atoms with van der Waals surface area (Å²) in [6.45, 7) is 6.42. The average Bonchev–Trinajstić information content (AvgIpc) is 2.04. The number of nitriles is 1. The lowest BCUT2D eigenvalue weighted by Crippen LogP contribution is -2.48. The molecule has 0 N–H and O–H groups in total. The third kappa shape index (κ3) is 1.92. The Balaban J connectivity index is 2.53. The fraction of sp³-hybridized carbons (Fsp3) is 0.875. The van der Waals surface area contributed by atoms with E-state index in [4.69, 9.17) is 10.00 Å². The van der Waals surface area contributed by atoms with Gasteiger partial charge in [-0.15, -0.1) is 0 Å². The first-order valence-electron chi connectivity index (χ1n) is 3.99. The van der Waals surface area contributed by atoms with Crippen molar-refractivity contribution in [2.24, 2.45) is 0 Å². The van der Waals surface area contributed by atoms with Gasteiger partial charge in [0.05, 0.1) is 19.3 Å². The smallest absolute Gasteiger partial charge is 0.122 e. The van der Waals surface area contributed by atoms with Crippen LogP contribution in [0.4, 0.5) is 0 Å². The molecule has 3 heteroatoms. The molecular formula is C8H14N2O. The summed E-state index contributed by atoms with van der Waals surface area (Å²) in [6.07, 6.45) is 0. The number of rotatable bonds is 1. The van der Waals surface area contributed by atoms with E-state index in [-0.39, 0.29) is 6.04 Å². The van der Waals surface area contributed by atoms with Crippen LogP contribution in [0, 0.1) is 11.3 Å². The van der Waals surface area contributed by atoms with Crippen molar-refractivity contribution in [1.29, 1.82) is 5.26 Å². The van der Waals surface area contributed by atoms with Gasteiger partial charge < -0.3 is 4.74 Å². The van der Waals surface area contributed by atoms with Crippen LogP contribution < -0.4 is 0 Å². The molecule has 1 rings (SSSR count). The first-order valence-corrected chi connectivity index (χ1v) is 3.99. The first-order chi connectivity index (χ1) is 5.25. The van der Waals surface area contributed by atoms with Crippen molar-refractivity contribution in [1.82, 2.24) is 4.90 Å². The molecule has 0 aromatic carbocycles. The molecule has 62 valence electrons. The van der Waals surface area contributed by atoms with Gasteiger partial charge in [0.1, 0.15) is 6.04 Å². The normalized spacial score (nSPS) is 26.9. The summed E-state index contributed by atoms with van der Waals surface area (Å²) in [5.74, 6) is 0. The molecule has 0 amide bonds. The van der Waals surface area contributed by atoms with Crippen molar-refractivity contribution < 1.29 is 4.74 Å². The second kappa shape index (κ2) is 3.70. The summed E-state index contributed by atoms with van der Waals surface area (Å²) < 4.78 is 5.19.